The fraction of sp³-hybridized carbons (Fsp3) is 0.500. The van der Waals surface area contributed by atoms with Crippen LogP contribution in [0.25, 0.3) is 0 Å². The first-order valence-electron chi connectivity index (χ1n) is 10.0. The third kappa shape index (κ3) is 4.72. The number of ether oxygens (including phenoxy) is 1. The van der Waals surface area contributed by atoms with Crippen molar-refractivity contribution >= 4 is 5.91 Å². The summed E-state index contributed by atoms with van der Waals surface area (Å²) in [4.78, 5) is 14.7. The van der Waals surface area contributed by atoms with Gasteiger partial charge in [-0.15, -0.1) is 0 Å². The molecule has 2 atom stereocenters. The first-order valence-corrected chi connectivity index (χ1v) is 10.0. The highest BCUT2D eigenvalue weighted by Gasteiger charge is 2.35. The molecule has 2 fully saturated rings. The molecule has 1 aliphatic heterocycles. The summed E-state index contributed by atoms with van der Waals surface area (Å²) < 4.78 is 11.1. The summed E-state index contributed by atoms with van der Waals surface area (Å²) in [5.41, 5.74) is 0.623. The van der Waals surface area contributed by atoms with E-state index in [1.807, 2.05) is 24.3 Å². The van der Waals surface area contributed by atoms with Gasteiger partial charge in [-0.05, 0) is 67.5 Å². The predicted molar refractivity (Wildman–Crippen MR) is 104 cm³/mol. The van der Waals surface area contributed by atoms with Crippen molar-refractivity contribution in [3.05, 3.63) is 54.0 Å². The minimum atomic E-state index is -0.113. The molecular weight excluding hydrogens is 340 g/mol. The number of fused-ring (bicyclic) bond motifs is 1. The van der Waals surface area contributed by atoms with Gasteiger partial charge in [-0.1, -0.05) is 6.42 Å². The van der Waals surface area contributed by atoms with Crippen LogP contribution in [0.15, 0.2) is 47.1 Å². The monoisotopic (exact) mass is 368 g/mol. The highest BCUT2D eigenvalue weighted by Crippen LogP contribution is 2.37. The second-order valence-electron chi connectivity index (χ2n) is 7.70. The minimum absolute atomic E-state index is 0.113. The Balaban J connectivity index is 1.15. The summed E-state index contributed by atoms with van der Waals surface area (Å²) in [6, 6.07) is 11.0. The Morgan fingerprint density at radius 3 is 2.63 bits per heavy atom. The maximum absolute atomic E-state index is 12.1. The molecule has 5 nitrogen and oxygen atoms in total. The number of hydrogen-bond donors (Lipinski definition) is 1. The smallest absolute Gasteiger partial charge is 0.251 e. The van der Waals surface area contributed by atoms with Crippen LogP contribution in [0.3, 0.4) is 0 Å². The third-order valence-electron chi connectivity index (χ3n) is 5.81. The number of benzene rings is 1. The standard InChI is InChI=1S/C22H28N2O3/c25-22(23-14-21-6-2-12-27-21)17-7-9-20(10-8-17)26-13-3-11-24-15-18-4-1-5-19(18)16-24/h2,6-10,12,18-19H,1,3-5,11,13-16H2,(H,23,25). The zero-order chi connectivity index (χ0) is 18.5. The van der Waals surface area contributed by atoms with Gasteiger partial charge < -0.3 is 19.4 Å². The van der Waals surface area contributed by atoms with Crippen molar-refractivity contribution in [3.63, 3.8) is 0 Å². The normalized spacial score (nSPS) is 21.9. The van der Waals surface area contributed by atoms with E-state index in [0.717, 1.165) is 42.9 Å². The molecule has 2 aromatic rings. The van der Waals surface area contributed by atoms with E-state index >= 15 is 0 Å². The quantitative estimate of drug-likeness (QED) is 0.722. The molecule has 1 aliphatic carbocycles. The molecule has 1 saturated heterocycles. The highest BCUT2D eigenvalue weighted by atomic mass is 16.5. The van der Waals surface area contributed by atoms with Gasteiger partial charge in [0.2, 0.25) is 0 Å². The van der Waals surface area contributed by atoms with Crippen LogP contribution < -0.4 is 10.1 Å². The third-order valence-corrected chi connectivity index (χ3v) is 5.81. The van der Waals surface area contributed by atoms with Gasteiger partial charge in [0.15, 0.2) is 0 Å². The summed E-state index contributed by atoms with van der Waals surface area (Å²) in [7, 11) is 0. The molecule has 2 unspecified atom stereocenters. The molecule has 4 rings (SSSR count). The number of amides is 1. The minimum Gasteiger partial charge on any atom is -0.494 e. The first-order chi connectivity index (χ1) is 13.3. The molecule has 0 radical (unpaired) electrons. The number of hydrogen-bond acceptors (Lipinski definition) is 4. The zero-order valence-corrected chi connectivity index (χ0v) is 15.7. The molecule has 0 bridgehead atoms. The van der Waals surface area contributed by atoms with E-state index in [0.29, 0.717) is 12.1 Å². The summed E-state index contributed by atoms with van der Waals surface area (Å²) in [6.07, 6.45) is 6.94. The maximum Gasteiger partial charge on any atom is 0.251 e. The lowest BCUT2D eigenvalue weighted by Crippen LogP contribution is -2.24. The van der Waals surface area contributed by atoms with Crippen molar-refractivity contribution in [1.82, 2.24) is 10.2 Å². The molecule has 1 saturated carbocycles. The molecule has 2 aliphatic rings. The van der Waals surface area contributed by atoms with Crippen molar-refractivity contribution in [2.45, 2.75) is 32.2 Å². The molecule has 1 aromatic heterocycles. The Morgan fingerprint density at radius 2 is 1.93 bits per heavy atom. The Morgan fingerprint density at radius 1 is 1.15 bits per heavy atom. The lowest BCUT2D eigenvalue weighted by molar-refractivity contribution is 0.0948. The maximum atomic E-state index is 12.1. The van der Waals surface area contributed by atoms with Crippen molar-refractivity contribution in [1.29, 1.82) is 0 Å². The van der Waals surface area contributed by atoms with E-state index in [1.54, 1.807) is 18.4 Å². The molecule has 0 spiro atoms. The topological polar surface area (TPSA) is 54.7 Å². The SMILES string of the molecule is O=C(NCc1ccco1)c1ccc(OCCCN2CC3CCCC3C2)cc1. The van der Waals surface area contributed by atoms with Crippen molar-refractivity contribution in [3.8, 4) is 5.75 Å². The molecule has 1 N–H and O–H groups in total. The molecule has 1 aromatic carbocycles. The van der Waals surface area contributed by atoms with Gasteiger partial charge in [0, 0.05) is 25.2 Å². The van der Waals surface area contributed by atoms with E-state index in [-0.39, 0.29) is 5.91 Å². The van der Waals surface area contributed by atoms with Crippen LogP contribution in [0.1, 0.15) is 41.8 Å². The lowest BCUT2D eigenvalue weighted by atomic mass is 10.0. The highest BCUT2D eigenvalue weighted by molar-refractivity contribution is 5.94. The van der Waals surface area contributed by atoms with Crippen LogP contribution in [-0.2, 0) is 6.54 Å². The fourth-order valence-electron chi connectivity index (χ4n) is 4.38. The molecule has 1 amide bonds. The predicted octanol–water partition coefficient (Wildman–Crippen LogP) is 3.71. The van der Waals surface area contributed by atoms with Gasteiger partial charge in [0.1, 0.15) is 11.5 Å². The largest absolute Gasteiger partial charge is 0.494 e. The van der Waals surface area contributed by atoms with Crippen LogP contribution in [0.2, 0.25) is 0 Å². The number of likely N-dealkylation sites (tertiary alicyclic amines) is 1. The van der Waals surface area contributed by atoms with Crippen molar-refractivity contribution in [2.75, 3.05) is 26.2 Å². The van der Waals surface area contributed by atoms with Gasteiger partial charge >= 0.3 is 0 Å². The van der Waals surface area contributed by atoms with Crippen LogP contribution in [0, 0.1) is 11.8 Å². The van der Waals surface area contributed by atoms with Crippen molar-refractivity contribution in [2.24, 2.45) is 11.8 Å². The average molecular weight is 368 g/mol. The molecule has 2 heterocycles. The first kappa shape index (κ1) is 18.1. The summed E-state index contributed by atoms with van der Waals surface area (Å²) >= 11 is 0. The second kappa shape index (κ2) is 8.61. The number of carbonyl (C=O) groups excluding carboxylic acids is 1. The Bertz CT molecular complexity index is 715. The van der Waals surface area contributed by atoms with E-state index in [1.165, 1.54) is 32.4 Å². The van der Waals surface area contributed by atoms with E-state index in [9.17, 15) is 4.79 Å². The number of carbonyl (C=O) groups is 1. The van der Waals surface area contributed by atoms with Gasteiger partial charge in [-0.25, -0.2) is 0 Å². The lowest BCUT2D eigenvalue weighted by Gasteiger charge is -2.16. The molecule has 144 valence electrons. The second-order valence-corrected chi connectivity index (χ2v) is 7.70. The summed E-state index contributed by atoms with van der Waals surface area (Å²) in [5.74, 6) is 3.35. The van der Waals surface area contributed by atoms with Crippen LogP contribution >= 0.6 is 0 Å². The van der Waals surface area contributed by atoms with Gasteiger partial charge in [0.05, 0.1) is 19.4 Å². The van der Waals surface area contributed by atoms with Crippen LogP contribution in [-0.4, -0.2) is 37.0 Å². The Labute approximate surface area is 160 Å². The summed E-state index contributed by atoms with van der Waals surface area (Å²) in [6.45, 7) is 4.80. The van der Waals surface area contributed by atoms with Crippen molar-refractivity contribution < 1.29 is 13.9 Å². The Hall–Kier alpha value is -2.27. The van der Waals surface area contributed by atoms with E-state index < -0.39 is 0 Å². The summed E-state index contributed by atoms with van der Waals surface area (Å²) in [5, 5.41) is 2.84. The average Bonchev–Trinajstić information content (AvgIpc) is 3.41. The van der Waals surface area contributed by atoms with Crippen LogP contribution in [0.4, 0.5) is 0 Å². The van der Waals surface area contributed by atoms with E-state index in [4.69, 9.17) is 9.15 Å². The number of nitrogens with one attached hydrogen (secondary N) is 1. The zero-order valence-electron chi connectivity index (χ0n) is 15.7. The fourth-order valence-corrected chi connectivity index (χ4v) is 4.38. The molecule has 27 heavy (non-hydrogen) atoms. The number of nitrogens with zero attached hydrogens (tertiary/aromatic N) is 1. The van der Waals surface area contributed by atoms with Gasteiger partial charge in [0.25, 0.3) is 5.91 Å². The molecular formula is C22H28N2O3. The van der Waals surface area contributed by atoms with E-state index in [2.05, 4.69) is 10.2 Å². The number of furan rings is 1. The van der Waals surface area contributed by atoms with Crippen LogP contribution in [0.5, 0.6) is 5.75 Å². The number of rotatable bonds is 8. The molecule has 5 heteroatoms. The Kier molecular flexibility index (Phi) is 5.78. The van der Waals surface area contributed by atoms with Gasteiger partial charge in [-0.3, -0.25) is 4.79 Å². The van der Waals surface area contributed by atoms with Gasteiger partial charge in [-0.2, -0.15) is 0 Å².